The second-order valence-corrected chi connectivity index (χ2v) is 18.4. The fourth-order valence-electron chi connectivity index (χ4n) is 9.22. The van der Waals surface area contributed by atoms with Crippen molar-refractivity contribution in [3.8, 4) is 0 Å². The molecule has 19 heteroatoms. The molecule has 6 rings (SSSR count). The van der Waals surface area contributed by atoms with Crippen LogP contribution in [0.5, 0.6) is 0 Å². The van der Waals surface area contributed by atoms with Crippen molar-refractivity contribution in [3.63, 3.8) is 0 Å². The molecule has 2 fully saturated rings. The molecular weight excluding hydrogens is 893 g/mol. The van der Waals surface area contributed by atoms with Crippen molar-refractivity contribution < 1.29 is 33.6 Å². The molecule has 3 aliphatic heterocycles. The Hall–Kier alpha value is -7.31. The monoisotopic (exact) mass is 961 g/mol. The van der Waals surface area contributed by atoms with Gasteiger partial charge in [0, 0.05) is 99.3 Å². The highest BCUT2D eigenvalue weighted by atomic mass is 16.2. The van der Waals surface area contributed by atoms with Gasteiger partial charge in [0.25, 0.3) is 0 Å². The third kappa shape index (κ3) is 15.1. The number of nitrogens with one attached hydrogen (secondary N) is 7. The van der Waals surface area contributed by atoms with Crippen LogP contribution in [0.4, 0.5) is 0 Å². The van der Waals surface area contributed by atoms with E-state index in [1.165, 1.54) is 6.92 Å². The molecule has 0 aliphatic carbocycles. The maximum atomic E-state index is 14.8. The molecule has 1 aromatic heterocycles. The molecule has 2 aromatic carbocycles. The number of para-hydroxylation sites is 1. The summed E-state index contributed by atoms with van der Waals surface area (Å²) in [6, 6.07) is 9.83. The first kappa shape index (κ1) is 52.1. The summed E-state index contributed by atoms with van der Waals surface area (Å²) in [5.41, 5.74) is 14.6. The number of ketones is 1. The Morgan fingerprint density at radius 1 is 0.800 bits per heavy atom. The van der Waals surface area contributed by atoms with Crippen LogP contribution >= 0.6 is 0 Å². The van der Waals surface area contributed by atoms with E-state index >= 15 is 0 Å². The number of carbonyl (C=O) groups is 7. The van der Waals surface area contributed by atoms with E-state index in [0.29, 0.717) is 42.8 Å². The molecule has 11 N–H and O–H groups in total. The highest BCUT2D eigenvalue weighted by Gasteiger charge is 2.35. The third-order valence-electron chi connectivity index (χ3n) is 13.0. The number of carbonyl (C=O) groups excluding carboxylic acids is 7. The minimum Gasteiger partial charge on any atom is -0.371 e. The lowest BCUT2D eigenvalue weighted by atomic mass is 9.98. The zero-order chi connectivity index (χ0) is 50.2. The van der Waals surface area contributed by atoms with Crippen molar-refractivity contribution in [2.75, 3.05) is 13.1 Å². The van der Waals surface area contributed by atoms with Crippen LogP contribution in [-0.2, 0) is 46.4 Å². The predicted octanol–water partition coefficient (Wildman–Crippen LogP) is 2.22. The van der Waals surface area contributed by atoms with Crippen molar-refractivity contribution in [2.45, 2.75) is 140 Å². The maximum absolute atomic E-state index is 14.8. The average Bonchev–Trinajstić information content (AvgIpc) is 4.11. The number of hydrogen-bond acceptors (Lipinski definition) is 10. The number of likely N-dealkylation sites (tertiary alicyclic amines) is 1. The van der Waals surface area contributed by atoms with E-state index in [9.17, 15) is 33.6 Å². The van der Waals surface area contributed by atoms with Crippen LogP contribution in [-0.4, -0.2) is 119 Å². The van der Waals surface area contributed by atoms with Crippen LogP contribution in [0.1, 0.15) is 95.6 Å². The van der Waals surface area contributed by atoms with Gasteiger partial charge in [0.1, 0.15) is 36.0 Å². The molecule has 2 saturated heterocycles. The Morgan fingerprint density at radius 2 is 1.46 bits per heavy atom. The second-order valence-electron chi connectivity index (χ2n) is 18.4. The molecule has 6 amide bonds. The van der Waals surface area contributed by atoms with Gasteiger partial charge in [-0.2, -0.15) is 0 Å². The Kier molecular flexibility index (Phi) is 18.9. The minimum atomic E-state index is -1.27. The van der Waals surface area contributed by atoms with E-state index in [-0.39, 0.29) is 75.7 Å². The van der Waals surface area contributed by atoms with Gasteiger partial charge in [0.05, 0.1) is 6.04 Å². The van der Waals surface area contributed by atoms with E-state index < -0.39 is 71.7 Å². The summed E-state index contributed by atoms with van der Waals surface area (Å²) in [6.45, 7) is 8.56. The number of fused-ring (bicyclic) bond motifs is 1. The fraction of sp³-hybridized carbons (Fsp3) is 0.471. The van der Waals surface area contributed by atoms with Crippen molar-refractivity contribution in [1.82, 2.24) is 41.8 Å². The molecular formula is C51H68N12O7. The number of aliphatic imine (C=N–C) groups is 2. The number of hydrogen-bond donors (Lipinski definition) is 9. The van der Waals surface area contributed by atoms with E-state index in [1.54, 1.807) is 36.7 Å². The zero-order valence-corrected chi connectivity index (χ0v) is 40.1. The lowest BCUT2D eigenvalue weighted by molar-refractivity contribution is -0.135. The van der Waals surface area contributed by atoms with Crippen LogP contribution in [0.3, 0.4) is 0 Å². The summed E-state index contributed by atoms with van der Waals surface area (Å²) < 4.78 is 0. The first-order valence-electron chi connectivity index (χ1n) is 24.3. The molecule has 0 bridgehead atoms. The predicted molar refractivity (Wildman–Crippen MR) is 268 cm³/mol. The SMILES string of the molecule is C=C([C@@H]1CC(=O)CCCC[C@H](NC(C)=O)C(=O)N[C@@H](CC2=CCC=N2)C(=O)N[C@H](Cc2ccccc2)C(=O)N[C@@H](CCCN=C(N)N)C(=O)N[C@@H](Cc2c[nH]c3ccccc23)C(=O)N1)N1CCC[C@H]1C. The van der Waals surface area contributed by atoms with Gasteiger partial charge < -0.3 is 53.3 Å². The number of benzene rings is 2. The Labute approximate surface area is 408 Å². The van der Waals surface area contributed by atoms with Gasteiger partial charge in [-0.25, -0.2) is 0 Å². The lowest BCUT2D eigenvalue weighted by Gasteiger charge is -2.33. The third-order valence-corrected chi connectivity index (χ3v) is 13.0. The number of rotatable bonds is 13. The molecule has 0 radical (unpaired) electrons. The van der Waals surface area contributed by atoms with Crippen LogP contribution in [0, 0.1) is 0 Å². The average molecular weight is 961 g/mol. The van der Waals surface area contributed by atoms with Gasteiger partial charge in [0.2, 0.25) is 35.4 Å². The summed E-state index contributed by atoms with van der Waals surface area (Å²) in [6.07, 6.45) is 8.84. The molecule has 374 valence electrons. The quantitative estimate of drug-likeness (QED) is 0.0684. The van der Waals surface area contributed by atoms with E-state index in [1.807, 2.05) is 36.4 Å². The fourth-order valence-corrected chi connectivity index (χ4v) is 9.22. The van der Waals surface area contributed by atoms with Crippen LogP contribution < -0.4 is 43.4 Å². The Morgan fingerprint density at radius 3 is 2.14 bits per heavy atom. The smallest absolute Gasteiger partial charge is 0.243 e. The zero-order valence-electron chi connectivity index (χ0n) is 40.1. The topological polar surface area (TPSA) is 287 Å². The molecule has 0 saturated carbocycles. The minimum absolute atomic E-state index is 0.00199. The summed E-state index contributed by atoms with van der Waals surface area (Å²) >= 11 is 0. The Bertz CT molecular complexity index is 2460. The number of Topliss-reactive ketones (excluding diaryl/α,β-unsaturated/α-hetero) is 1. The van der Waals surface area contributed by atoms with Gasteiger partial charge in [0.15, 0.2) is 5.96 Å². The summed E-state index contributed by atoms with van der Waals surface area (Å²) in [7, 11) is 0. The maximum Gasteiger partial charge on any atom is 0.243 e. The van der Waals surface area contributed by atoms with Gasteiger partial charge in [-0.1, -0.05) is 67.6 Å². The molecule has 3 aliphatic rings. The standard InChI is InChI=1S/C51H68N12O7/c1-31-14-13-25-63(31)32(2)42-29-37(65)18-7-9-21-40(57-33(3)64)46(66)62-45(28-36-17-11-23-54-36)50(70)60-43(26-34-15-5-4-6-16-34)48(68)58-41(22-12-24-55-51(52)53)47(67)61-44(49(69)59-42)27-35-30-56-39-20-10-8-19-38(35)39/h4-6,8,10,15-17,19-20,23,30-31,40-45,56H,2,7,9,11-14,18,21-22,24-29H2,1,3H3,(H,57,64)(H,58,68)(H,59,69)(H,60,70)(H,61,67)(H,62,66)(H4,52,53,55)/t31-,40+,41+,42+,43-,44+,45+/m1/s1. The number of guanidine groups is 1. The number of nitrogens with zero attached hydrogens (tertiary/aromatic N) is 3. The highest BCUT2D eigenvalue weighted by Crippen LogP contribution is 2.26. The molecule has 19 nitrogen and oxygen atoms in total. The Balaban J connectivity index is 1.39. The molecule has 4 heterocycles. The highest BCUT2D eigenvalue weighted by molar-refractivity contribution is 5.97. The normalized spacial score (nSPS) is 24.5. The number of nitrogens with two attached hydrogens (primary N) is 2. The second kappa shape index (κ2) is 25.3. The van der Waals surface area contributed by atoms with Gasteiger partial charge in [-0.05, 0) is 62.6 Å². The first-order valence-corrected chi connectivity index (χ1v) is 24.3. The van der Waals surface area contributed by atoms with Gasteiger partial charge in [-0.3, -0.25) is 43.5 Å². The number of aromatic amines is 1. The molecule has 3 aromatic rings. The summed E-state index contributed by atoms with van der Waals surface area (Å²) in [5.74, 6) is -4.08. The van der Waals surface area contributed by atoms with E-state index in [0.717, 1.165) is 29.3 Å². The molecule has 7 atom stereocenters. The van der Waals surface area contributed by atoms with Gasteiger partial charge >= 0.3 is 0 Å². The van der Waals surface area contributed by atoms with E-state index in [4.69, 9.17) is 11.5 Å². The number of amides is 6. The van der Waals surface area contributed by atoms with Gasteiger partial charge in [-0.15, -0.1) is 0 Å². The van der Waals surface area contributed by atoms with E-state index in [2.05, 4.69) is 65.3 Å². The summed E-state index contributed by atoms with van der Waals surface area (Å²) in [5, 5.41) is 18.1. The number of aromatic nitrogens is 1. The van der Waals surface area contributed by atoms with Crippen LogP contribution in [0.15, 0.2) is 94.8 Å². The summed E-state index contributed by atoms with van der Waals surface area (Å²) in [4.78, 5) is 113. The van der Waals surface area contributed by atoms with Crippen molar-refractivity contribution in [3.05, 3.63) is 96.0 Å². The van der Waals surface area contributed by atoms with Crippen LogP contribution in [0.2, 0.25) is 0 Å². The first-order chi connectivity index (χ1) is 33.6. The lowest BCUT2D eigenvalue weighted by Crippen LogP contribution is -2.60. The molecule has 0 unspecified atom stereocenters. The van der Waals surface area contributed by atoms with Crippen LogP contribution in [0.25, 0.3) is 10.9 Å². The van der Waals surface area contributed by atoms with Crippen molar-refractivity contribution in [2.24, 2.45) is 21.5 Å². The van der Waals surface area contributed by atoms with Crippen molar-refractivity contribution in [1.29, 1.82) is 0 Å². The van der Waals surface area contributed by atoms with Crippen molar-refractivity contribution >= 4 is 64.3 Å². The molecule has 0 spiro atoms. The number of allylic oxidation sites excluding steroid dienone is 1. The largest absolute Gasteiger partial charge is 0.371 e. The molecule has 70 heavy (non-hydrogen) atoms. The number of H-pyrrole nitrogens is 1.